The van der Waals surface area contributed by atoms with Crippen LogP contribution in [0.15, 0.2) is 30.3 Å². The van der Waals surface area contributed by atoms with E-state index in [1.165, 1.54) is 0 Å². The molecule has 0 saturated carbocycles. The highest BCUT2D eigenvalue weighted by molar-refractivity contribution is 5.95. The van der Waals surface area contributed by atoms with Crippen LogP contribution in [-0.2, 0) is 0 Å². The summed E-state index contributed by atoms with van der Waals surface area (Å²) in [5.74, 6) is 0.950. The number of hydrogen-bond donors (Lipinski definition) is 3. The zero-order valence-corrected chi connectivity index (χ0v) is 9.91. The van der Waals surface area contributed by atoms with Crippen molar-refractivity contribution >= 4 is 28.6 Å². The first-order valence-electron chi connectivity index (χ1n) is 5.57. The van der Waals surface area contributed by atoms with Crippen LogP contribution in [0.4, 0.5) is 17.6 Å². The summed E-state index contributed by atoms with van der Waals surface area (Å²) in [5.41, 5.74) is 18.4. The molecule has 6 N–H and O–H groups in total. The highest BCUT2D eigenvalue weighted by Gasteiger charge is 2.12. The number of nitrogens with zero attached hydrogens (tertiary/aromatic N) is 4. The Labute approximate surface area is 108 Å². The van der Waals surface area contributed by atoms with E-state index in [2.05, 4.69) is 19.9 Å². The molecular weight excluding hydrogens is 242 g/mol. The molecule has 0 radical (unpaired) electrons. The summed E-state index contributed by atoms with van der Waals surface area (Å²) in [6, 6.07) is 9.46. The summed E-state index contributed by atoms with van der Waals surface area (Å²) >= 11 is 0. The summed E-state index contributed by atoms with van der Waals surface area (Å²) in [7, 11) is 0. The van der Waals surface area contributed by atoms with Crippen LogP contribution < -0.4 is 17.2 Å². The number of hydrogen-bond acceptors (Lipinski definition) is 7. The lowest BCUT2D eigenvalue weighted by Gasteiger charge is -2.07. The van der Waals surface area contributed by atoms with Gasteiger partial charge in [0.05, 0.1) is 0 Å². The molecule has 0 aliphatic heterocycles. The molecule has 0 fully saturated rings. The normalized spacial score (nSPS) is 10.7. The minimum Gasteiger partial charge on any atom is -0.383 e. The van der Waals surface area contributed by atoms with Gasteiger partial charge in [0.2, 0.25) is 5.95 Å². The van der Waals surface area contributed by atoms with Crippen molar-refractivity contribution in [1.29, 1.82) is 0 Å². The monoisotopic (exact) mass is 253 g/mol. The summed E-state index contributed by atoms with van der Waals surface area (Å²) in [4.78, 5) is 16.4. The molecule has 0 aliphatic carbocycles. The molecule has 3 aromatic rings. The van der Waals surface area contributed by atoms with E-state index in [9.17, 15) is 0 Å². The van der Waals surface area contributed by atoms with Crippen molar-refractivity contribution in [3.8, 4) is 11.4 Å². The van der Waals surface area contributed by atoms with Gasteiger partial charge >= 0.3 is 0 Å². The van der Waals surface area contributed by atoms with Crippen LogP contribution in [-0.4, -0.2) is 19.9 Å². The maximum absolute atomic E-state index is 5.89. The molecule has 1 aromatic carbocycles. The summed E-state index contributed by atoms with van der Waals surface area (Å²) in [6.07, 6.45) is 0. The molecule has 0 atom stereocenters. The number of rotatable bonds is 1. The van der Waals surface area contributed by atoms with E-state index in [1.807, 2.05) is 30.3 Å². The van der Waals surface area contributed by atoms with Crippen LogP contribution in [0.2, 0.25) is 0 Å². The van der Waals surface area contributed by atoms with Crippen LogP contribution in [0.3, 0.4) is 0 Å². The third kappa shape index (κ3) is 1.86. The quantitative estimate of drug-likeness (QED) is 0.585. The summed E-state index contributed by atoms with van der Waals surface area (Å²) in [5, 5.41) is 0.425. The molecule has 0 bridgehead atoms. The number of nitrogen functional groups attached to an aromatic ring is 3. The molecule has 0 saturated heterocycles. The lowest BCUT2D eigenvalue weighted by atomic mass is 10.2. The van der Waals surface area contributed by atoms with Crippen LogP contribution in [0.25, 0.3) is 22.4 Å². The van der Waals surface area contributed by atoms with Gasteiger partial charge in [-0.25, -0.2) is 9.97 Å². The number of anilines is 3. The molecule has 3 rings (SSSR count). The van der Waals surface area contributed by atoms with Gasteiger partial charge in [0.15, 0.2) is 11.5 Å². The Balaban J connectivity index is 2.31. The highest BCUT2D eigenvalue weighted by atomic mass is 15.1. The average Bonchev–Trinajstić information content (AvgIpc) is 2.38. The second-order valence-electron chi connectivity index (χ2n) is 3.96. The molecule has 0 spiro atoms. The van der Waals surface area contributed by atoms with Crippen molar-refractivity contribution in [2.24, 2.45) is 0 Å². The van der Waals surface area contributed by atoms with Gasteiger partial charge in [0.25, 0.3) is 0 Å². The smallest absolute Gasteiger partial charge is 0.224 e. The van der Waals surface area contributed by atoms with Gasteiger partial charge in [0.1, 0.15) is 17.0 Å². The maximum Gasteiger partial charge on any atom is 0.224 e. The predicted octanol–water partition coefficient (Wildman–Crippen LogP) is 0.833. The van der Waals surface area contributed by atoms with Gasteiger partial charge in [-0.3, -0.25) is 0 Å². The van der Waals surface area contributed by atoms with Gasteiger partial charge in [0, 0.05) is 5.56 Å². The van der Waals surface area contributed by atoms with E-state index in [0.29, 0.717) is 16.9 Å². The molecule has 2 aromatic heterocycles. The average molecular weight is 253 g/mol. The molecule has 0 aliphatic rings. The van der Waals surface area contributed by atoms with Crippen LogP contribution in [0.1, 0.15) is 0 Å². The molecular formula is C12H11N7. The van der Waals surface area contributed by atoms with Crippen molar-refractivity contribution in [2.45, 2.75) is 0 Å². The standard InChI is InChI=1S/C12H11N7/c13-8-7-9(14)17-12(15)19-11(7)18-10(16-8)6-4-2-1-3-5-6/h1-5H,(H6,13,14,15,16,17,18,19). The zero-order chi connectivity index (χ0) is 13.4. The topological polar surface area (TPSA) is 130 Å². The summed E-state index contributed by atoms with van der Waals surface area (Å²) in [6.45, 7) is 0. The Kier molecular flexibility index (Phi) is 2.38. The molecule has 94 valence electrons. The van der Waals surface area contributed by atoms with E-state index in [-0.39, 0.29) is 17.6 Å². The second kappa shape index (κ2) is 4.05. The lowest BCUT2D eigenvalue weighted by molar-refractivity contribution is 1.16. The third-order valence-electron chi connectivity index (χ3n) is 2.66. The van der Waals surface area contributed by atoms with E-state index in [4.69, 9.17) is 17.2 Å². The van der Waals surface area contributed by atoms with Crippen molar-refractivity contribution in [3.63, 3.8) is 0 Å². The van der Waals surface area contributed by atoms with Crippen LogP contribution >= 0.6 is 0 Å². The fourth-order valence-corrected chi connectivity index (χ4v) is 1.82. The van der Waals surface area contributed by atoms with Gasteiger partial charge in [-0.05, 0) is 0 Å². The Morgan fingerprint density at radius 2 is 1.42 bits per heavy atom. The molecule has 7 heteroatoms. The predicted molar refractivity (Wildman–Crippen MR) is 73.8 cm³/mol. The number of nitrogens with two attached hydrogens (primary N) is 3. The second-order valence-corrected chi connectivity index (χ2v) is 3.96. The molecule has 2 heterocycles. The third-order valence-corrected chi connectivity index (χ3v) is 2.66. The van der Waals surface area contributed by atoms with E-state index < -0.39 is 0 Å². The first kappa shape index (κ1) is 11.1. The fraction of sp³-hybridized carbons (Fsp3) is 0. The van der Waals surface area contributed by atoms with Crippen molar-refractivity contribution in [3.05, 3.63) is 30.3 Å². The lowest BCUT2D eigenvalue weighted by Crippen LogP contribution is -2.06. The first-order valence-corrected chi connectivity index (χ1v) is 5.57. The largest absolute Gasteiger partial charge is 0.383 e. The fourth-order valence-electron chi connectivity index (χ4n) is 1.82. The highest BCUT2D eigenvalue weighted by Crippen LogP contribution is 2.25. The molecule has 0 amide bonds. The van der Waals surface area contributed by atoms with E-state index in [1.54, 1.807) is 0 Å². The minimum atomic E-state index is 0.0575. The van der Waals surface area contributed by atoms with E-state index >= 15 is 0 Å². The SMILES string of the molecule is Nc1nc(N)c2c(N)nc(-c3ccccc3)nc2n1. The van der Waals surface area contributed by atoms with Crippen molar-refractivity contribution < 1.29 is 0 Å². The van der Waals surface area contributed by atoms with Crippen molar-refractivity contribution in [2.75, 3.05) is 17.2 Å². The van der Waals surface area contributed by atoms with Gasteiger partial charge in [-0.2, -0.15) is 9.97 Å². The van der Waals surface area contributed by atoms with Crippen LogP contribution in [0.5, 0.6) is 0 Å². The molecule has 19 heavy (non-hydrogen) atoms. The zero-order valence-electron chi connectivity index (χ0n) is 9.91. The Bertz CT molecular complexity index is 755. The van der Waals surface area contributed by atoms with Crippen LogP contribution in [0, 0.1) is 0 Å². The Hall–Kier alpha value is -2.96. The van der Waals surface area contributed by atoms with Crippen molar-refractivity contribution in [1.82, 2.24) is 19.9 Å². The first-order chi connectivity index (χ1) is 9.15. The number of benzene rings is 1. The maximum atomic E-state index is 5.89. The molecule has 0 unspecified atom stereocenters. The summed E-state index contributed by atoms with van der Waals surface area (Å²) < 4.78 is 0. The van der Waals surface area contributed by atoms with E-state index in [0.717, 1.165) is 5.56 Å². The number of aromatic nitrogens is 4. The number of fused-ring (bicyclic) bond motifs is 1. The van der Waals surface area contributed by atoms with Gasteiger partial charge < -0.3 is 17.2 Å². The molecule has 7 nitrogen and oxygen atoms in total. The minimum absolute atomic E-state index is 0.0575. The van der Waals surface area contributed by atoms with Gasteiger partial charge in [-0.1, -0.05) is 30.3 Å². The Morgan fingerprint density at radius 3 is 2.16 bits per heavy atom. The Morgan fingerprint density at radius 1 is 0.737 bits per heavy atom. The van der Waals surface area contributed by atoms with Gasteiger partial charge in [-0.15, -0.1) is 0 Å².